The minimum Gasteiger partial charge on any atom is -0.486 e. The molecule has 0 radical (unpaired) electrons. The number of hydrogen-bond acceptors (Lipinski definition) is 5. The number of oxime groups is 1. The molecule has 2 aliphatic rings. The van der Waals surface area contributed by atoms with E-state index in [-0.39, 0.29) is 11.7 Å². The molecule has 4 N–H and O–H groups in total. The first-order valence-corrected chi connectivity index (χ1v) is 6.85. The van der Waals surface area contributed by atoms with Crippen LogP contribution >= 0.6 is 0 Å². The smallest absolute Gasteiger partial charge is 0.238 e. The summed E-state index contributed by atoms with van der Waals surface area (Å²) in [6.07, 6.45) is 2.04. The molecule has 3 rings (SSSR count). The van der Waals surface area contributed by atoms with Crippen LogP contribution < -0.4 is 20.5 Å². The van der Waals surface area contributed by atoms with Gasteiger partial charge < -0.3 is 25.7 Å². The molecule has 1 saturated carbocycles. The van der Waals surface area contributed by atoms with Crippen LogP contribution in [0.5, 0.6) is 11.5 Å². The second-order valence-electron chi connectivity index (χ2n) is 5.23. The average molecular weight is 291 g/mol. The number of nitrogens with one attached hydrogen (secondary N) is 1. The molecular weight excluding hydrogens is 274 g/mol. The van der Waals surface area contributed by atoms with Crippen molar-refractivity contribution in [3.05, 3.63) is 18.2 Å². The van der Waals surface area contributed by atoms with Gasteiger partial charge in [-0.05, 0) is 25.0 Å². The van der Waals surface area contributed by atoms with Crippen molar-refractivity contribution in [2.45, 2.75) is 19.3 Å². The van der Waals surface area contributed by atoms with Crippen LogP contribution in [0.1, 0.15) is 19.3 Å². The molecule has 1 amide bonds. The number of fused-ring (bicyclic) bond motifs is 1. The number of anilines is 1. The molecular formula is C14H17N3O4. The Morgan fingerprint density at radius 1 is 1.29 bits per heavy atom. The highest BCUT2D eigenvalue weighted by atomic mass is 16.6. The highest BCUT2D eigenvalue weighted by Crippen LogP contribution is 2.42. The van der Waals surface area contributed by atoms with Crippen LogP contribution in [-0.4, -0.2) is 30.2 Å². The van der Waals surface area contributed by atoms with Gasteiger partial charge >= 0.3 is 0 Å². The van der Waals surface area contributed by atoms with Crippen LogP contribution in [-0.2, 0) is 4.79 Å². The largest absolute Gasteiger partial charge is 0.486 e. The summed E-state index contributed by atoms with van der Waals surface area (Å²) in [5.41, 5.74) is 5.37. The van der Waals surface area contributed by atoms with E-state index in [1.807, 2.05) is 0 Å². The fraction of sp³-hybridized carbons (Fsp3) is 0.429. The van der Waals surface area contributed by atoms with E-state index in [0.29, 0.717) is 43.2 Å². The third kappa shape index (κ3) is 2.24. The minimum atomic E-state index is -0.901. The van der Waals surface area contributed by atoms with Crippen molar-refractivity contribution >= 4 is 17.4 Å². The number of nitrogens with two attached hydrogens (primary N) is 1. The van der Waals surface area contributed by atoms with Crippen LogP contribution in [0.25, 0.3) is 0 Å². The van der Waals surface area contributed by atoms with Crippen molar-refractivity contribution in [3.63, 3.8) is 0 Å². The maximum absolute atomic E-state index is 12.4. The first-order valence-electron chi connectivity index (χ1n) is 6.85. The number of hydrogen-bond donors (Lipinski definition) is 3. The number of carbonyl (C=O) groups excluding carboxylic acids is 1. The number of benzene rings is 1. The molecule has 21 heavy (non-hydrogen) atoms. The van der Waals surface area contributed by atoms with E-state index in [1.54, 1.807) is 18.2 Å². The molecule has 0 saturated heterocycles. The van der Waals surface area contributed by atoms with Gasteiger partial charge in [0.1, 0.15) is 18.6 Å². The highest BCUT2D eigenvalue weighted by molar-refractivity contribution is 6.12. The molecule has 1 aromatic carbocycles. The van der Waals surface area contributed by atoms with Crippen molar-refractivity contribution in [3.8, 4) is 11.5 Å². The maximum Gasteiger partial charge on any atom is 0.238 e. The Morgan fingerprint density at radius 3 is 2.62 bits per heavy atom. The molecule has 0 unspecified atom stereocenters. The van der Waals surface area contributed by atoms with Crippen molar-refractivity contribution < 1.29 is 19.5 Å². The van der Waals surface area contributed by atoms with Crippen molar-refractivity contribution in [2.75, 3.05) is 18.5 Å². The monoisotopic (exact) mass is 291 g/mol. The number of amidine groups is 1. The van der Waals surface area contributed by atoms with Crippen molar-refractivity contribution in [1.29, 1.82) is 0 Å². The molecule has 0 aromatic heterocycles. The first kappa shape index (κ1) is 13.5. The van der Waals surface area contributed by atoms with Gasteiger partial charge in [0.2, 0.25) is 5.91 Å². The Bertz CT molecular complexity index is 596. The third-order valence-corrected chi connectivity index (χ3v) is 4.04. The summed E-state index contributed by atoms with van der Waals surface area (Å²) in [6, 6.07) is 5.20. The first-order chi connectivity index (χ1) is 10.2. The highest BCUT2D eigenvalue weighted by Gasteiger charge is 2.48. The lowest BCUT2D eigenvalue weighted by molar-refractivity contribution is -0.125. The van der Waals surface area contributed by atoms with Gasteiger partial charge in [-0.2, -0.15) is 0 Å². The molecule has 0 spiro atoms. The molecule has 1 aliphatic heterocycles. The molecule has 0 bridgehead atoms. The summed E-state index contributed by atoms with van der Waals surface area (Å²) in [5.74, 6) is 0.962. The summed E-state index contributed by atoms with van der Waals surface area (Å²) in [7, 11) is 0. The van der Waals surface area contributed by atoms with E-state index < -0.39 is 5.41 Å². The zero-order valence-electron chi connectivity index (χ0n) is 11.5. The maximum atomic E-state index is 12.4. The zero-order chi connectivity index (χ0) is 14.9. The molecule has 0 atom stereocenters. The predicted molar refractivity (Wildman–Crippen MR) is 75.8 cm³/mol. The SMILES string of the molecule is N/C(=N/O)C1(C(=O)Nc2ccc3c(c2)OCCO3)CCC1. The standard InChI is InChI=1S/C14H17N3O4/c15-12(17-19)14(4-1-5-14)13(18)16-9-2-3-10-11(8-9)21-7-6-20-10/h2-3,8,19H,1,4-7H2,(H2,15,17)(H,16,18). The Hall–Kier alpha value is -2.44. The molecule has 7 heteroatoms. The van der Waals surface area contributed by atoms with E-state index >= 15 is 0 Å². The van der Waals surface area contributed by atoms with E-state index in [9.17, 15) is 4.79 Å². The van der Waals surface area contributed by atoms with E-state index in [2.05, 4.69) is 10.5 Å². The zero-order valence-corrected chi connectivity index (χ0v) is 11.5. The van der Waals surface area contributed by atoms with Crippen molar-refractivity contribution in [1.82, 2.24) is 0 Å². The van der Waals surface area contributed by atoms with E-state index in [1.165, 1.54) is 0 Å². The summed E-state index contributed by atoms with van der Waals surface area (Å²) in [4.78, 5) is 12.4. The van der Waals surface area contributed by atoms with Gasteiger partial charge in [0.25, 0.3) is 0 Å². The predicted octanol–water partition coefficient (Wildman–Crippen LogP) is 1.31. The van der Waals surface area contributed by atoms with E-state index in [0.717, 1.165) is 6.42 Å². The van der Waals surface area contributed by atoms with Gasteiger partial charge in [-0.3, -0.25) is 4.79 Å². The Morgan fingerprint density at radius 2 is 2.00 bits per heavy atom. The van der Waals surface area contributed by atoms with Gasteiger partial charge in [-0.25, -0.2) is 0 Å². The average Bonchev–Trinajstić information content (AvgIpc) is 2.45. The van der Waals surface area contributed by atoms with Gasteiger partial charge in [0.15, 0.2) is 17.3 Å². The van der Waals surface area contributed by atoms with Gasteiger partial charge in [0, 0.05) is 11.8 Å². The summed E-state index contributed by atoms with van der Waals surface area (Å²) in [6.45, 7) is 1.00. The quantitative estimate of drug-likeness (QED) is 0.337. The molecule has 1 aromatic rings. The van der Waals surface area contributed by atoms with Crippen LogP contribution in [0.3, 0.4) is 0 Å². The number of ether oxygens (including phenoxy) is 2. The lowest BCUT2D eigenvalue weighted by atomic mass is 9.67. The lowest BCUT2D eigenvalue weighted by Gasteiger charge is -2.38. The molecule has 1 fully saturated rings. The fourth-order valence-electron chi connectivity index (χ4n) is 2.60. The van der Waals surface area contributed by atoms with Crippen LogP contribution in [0.4, 0.5) is 5.69 Å². The third-order valence-electron chi connectivity index (χ3n) is 4.04. The summed E-state index contributed by atoms with van der Waals surface area (Å²) >= 11 is 0. The second kappa shape index (κ2) is 5.16. The minimum absolute atomic E-state index is 0.0382. The second-order valence-corrected chi connectivity index (χ2v) is 5.23. The Labute approximate surface area is 121 Å². The topological polar surface area (TPSA) is 106 Å². The number of amides is 1. The lowest BCUT2D eigenvalue weighted by Crippen LogP contribution is -2.51. The Balaban J connectivity index is 1.78. The fourth-order valence-corrected chi connectivity index (χ4v) is 2.60. The normalized spacial score (nSPS) is 19.5. The van der Waals surface area contributed by atoms with Crippen LogP contribution in [0, 0.1) is 5.41 Å². The van der Waals surface area contributed by atoms with Gasteiger partial charge in [-0.15, -0.1) is 0 Å². The number of carbonyl (C=O) groups is 1. The van der Waals surface area contributed by atoms with Crippen molar-refractivity contribution in [2.24, 2.45) is 16.3 Å². The van der Waals surface area contributed by atoms with E-state index in [4.69, 9.17) is 20.4 Å². The van der Waals surface area contributed by atoms with Gasteiger partial charge in [-0.1, -0.05) is 11.6 Å². The molecule has 1 heterocycles. The van der Waals surface area contributed by atoms with Crippen LogP contribution in [0.2, 0.25) is 0 Å². The molecule has 1 aliphatic carbocycles. The number of nitrogens with zero attached hydrogens (tertiary/aromatic N) is 1. The summed E-state index contributed by atoms with van der Waals surface area (Å²) < 4.78 is 10.9. The van der Waals surface area contributed by atoms with Gasteiger partial charge in [0.05, 0.1) is 0 Å². The molecule has 7 nitrogen and oxygen atoms in total. The summed E-state index contributed by atoms with van der Waals surface area (Å²) in [5, 5.41) is 14.7. The number of rotatable bonds is 3. The van der Waals surface area contributed by atoms with Crippen LogP contribution in [0.15, 0.2) is 23.4 Å². The molecule has 112 valence electrons. The Kier molecular flexibility index (Phi) is 3.32.